The third-order valence-corrected chi connectivity index (χ3v) is 3.52. The molecule has 0 aliphatic heterocycles. The first-order chi connectivity index (χ1) is 8.56. The minimum absolute atomic E-state index is 0.0998. The molecule has 0 saturated heterocycles. The van der Waals surface area contributed by atoms with Crippen LogP contribution in [0, 0.1) is 0 Å². The van der Waals surface area contributed by atoms with Crippen LogP contribution in [0.5, 0.6) is 0 Å². The molecule has 1 aromatic heterocycles. The van der Waals surface area contributed by atoms with Gasteiger partial charge < -0.3 is 5.32 Å². The van der Waals surface area contributed by atoms with Crippen molar-refractivity contribution in [2.75, 3.05) is 5.32 Å². The van der Waals surface area contributed by atoms with Gasteiger partial charge in [-0.1, -0.05) is 40.9 Å². The van der Waals surface area contributed by atoms with Gasteiger partial charge in [0.2, 0.25) is 0 Å². The van der Waals surface area contributed by atoms with E-state index in [1.54, 1.807) is 18.3 Å². The zero-order chi connectivity index (χ0) is 13.1. The monoisotopic (exact) mass is 300 g/mol. The van der Waals surface area contributed by atoms with E-state index in [4.69, 9.17) is 34.8 Å². The maximum absolute atomic E-state index is 5.99. The summed E-state index contributed by atoms with van der Waals surface area (Å²) >= 11 is 17.6. The number of hydrogen-bond acceptors (Lipinski definition) is 2. The van der Waals surface area contributed by atoms with Gasteiger partial charge in [-0.15, -0.1) is 0 Å². The van der Waals surface area contributed by atoms with Crippen molar-refractivity contribution >= 4 is 40.5 Å². The molecule has 0 radical (unpaired) electrons. The van der Waals surface area contributed by atoms with Gasteiger partial charge in [-0.05, 0) is 36.8 Å². The van der Waals surface area contributed by atoms with Crippen LogP contribution < -0.4 is 5.32 Å². The second kappa shape index (κ2) is 5.79. The fraction of sp³-hybridized carbons (Fsp3) is 0.154. The fourth-order valence-electron chi connectivity index (χ4n) is 1.58. The van der Waals surface area contributed by atoms with Crippen molar-refractivity contribution in [2.45, 2.75) is 13.0 Å². The van der Waals surface area contributed by atoms with Crippen molar-refractivity contribution in [1.82, 2.24) is 4.98 Å². The minimum atomic E-state index is 0.0998. The van der Waals surface area contributed by atoms with Gasteiger partial charge in [-0.25, -0.2) is 4.98 Å². The van der Waals surface area contributed by atoms with Gasteiger partial charge >= 0.3 is 0 Å². The number of nitrogens with zero attached hydrogens (tertiary/aromatic N) is 1. The highest BCUT2D eigenvalue weighted by atomic mass is 35.5. The highest BCUT2D eigenvalue weighted by Gasteiger charge is 2.07. The maximum Gasteiger partial charge on any atom is 0.129 e. The Labute approximate surface area is 121 Å². The van der Waals surface area contributed by atoms with Crippen molar-refractivity contribution < 1.29 is 0 Å². The largest absolute Gasteiger partial charge is 0.377 e. The molecule has 1 aromatic carbocycles. The van der Waals surface area contributed by atoms with Gasteiger partial charge in [0.15, 0.2) is 0 Å². The number of pyridine rings is 1. The van der Waals surface area contributed by atoms with Crippen LogP contribution in [0.15, 0.2) is 36.5 Å². The van der Waals surface area contributed by atoms with Crippen LogP contribution in [0.25, 0.3) is 0 Å². The quantitative estimate of drug-likeness (QED) is 0.787. The molecule has 5 heteroatoms. The van der Waals surface area contributed by atoms with E-state index < -0.39 is 0 Å². The van der Waals surface area contributed by atoms with Gasteiger partial charge in [0.05, 0.1) is 21.9 Å². The second-order valence-electron chi connectivity index (χ2n) is 3.91. The molecule has 0 bridgehead atoms. The summed E-state index contributed by atoms with van der Waals surface area (Å²) in [6.07, 6.45) is 1.69. The first-order valence-corrected chi connectivity index (χ1v) is 6.52. The van der Waals surface area contributed by atoms with Crippen LogP contribution >= 0.6 is 34.8 Å². The van der Waals surface area contributed by atoms with Crippen molar-refractivity contribution in [2.24, 2.45) is 0 Å². The summed E-state index contributed by atoms with van der Waals surface area (Å²) < 4.78 is 0. The van der Waals surface area contributed by atoms with Crippen molar-refractivity contribution in [3.05, 3.63) is 57.3 Å². The SMILES string of the molecule is CC(Nc1ccc(Cl)nc1)c1ccc(Cl)c(Cl)c1. The van der Waals surface area contributed by atoms with E-state index in [1.807, 2.05) is 25.1 Å². The molecule has 2 rings (SSSR count). The summed E-state index contributed by atoms with van der Waals surface area (Å²) in [4.78, 5) is 4.01. The number of nitrogens with one attached hydrogen (secondary N) is 1. The summed E-state index contributed by atoms with van der Waals surface area (Å²) in [5, 5.41) is 4.89. The number of halogens is 3. The molecular formula is C13H11Cl3N2. The van der Waals surface area contributed by atoms with Crippen LogP contribution in [0.2, 0.25) is 15.2 Å². The molecule has 1 atom stereocenters. The normalized spacial score (nSPS) is 12.2. The third-order valence-electron chi connectivity index (χ3n) is 2.55. The van der Waals surface area contributed by atoms with Gasteiger partial charge in [0.25, 0.3) is 0 Å². The van der Waals surface area contributed by atoms with Crippen molar-refractivity contribution in [3.63, 3.8) is 0 Å². The molecule has 0 spiro atoms. The van der Waals surface area contributed by atoms with E-state index in [2.05, 4.69) is 10.3 Å². The number of rotatable bonds is 3. The van der Waals surface area contributed by atoms with Crippen LogP contribution in [-0.2, 0) is 0 Å². The first kappa shape index (κ1) is 13.5. The first-order valence-electron chi connectivity index (χ1n) is 5.39. The smallest absolute Gasteiger partial charge is 0.129 e. The molecule has 18 heavy (non-hydrogen) atoms. The average molecular weight is 302 g/mol. The Morgan fingerprint density at radius 2 is 1.83 bits per heavy atom. The Kier molecular flexibility index (Phi) is 4.33. The topological polar surface area (TPSA) is 24.9 Å². The van der Waals surface area contributed by atoms with Crippen molar-refractivity contribution in [1.29, 1.82) is 0 Å². The summed E-state index contributed by atoms with van der Waals surface area (Å²) in [6.45, 7) is 2.04. The Morgan fingerprint density at radius 1 is 1.06 bits per heavy atom. The lowest BCUT2D eigenvalue weighted by atomic mass is 10.1. The zero-order valence-corrected chi connectivity index (χ0v) is 11.9. The molecular weight excluding hydrogens is 291 g/mol. The standard InChI is InChI=1S/C13H11Cl3N2/c1-8(9-2-4-11(14)12(15)6-9)18-10-3-5-13(16)17-7-10/h2-8,18H,1H3. The predicted molar refractivity (Wildman–Crippen MR) is 77.7 cm³/mol. The molecule has 2 aromatic rings. The zero-order valence-electron chi connectivity index (χ0n) is 9.62. The lowest BCUT2D eigenvalue weighted by molar-refractivity contribution is 0.883. The predicted octanol–water partition coefficient (Wildman–Crippen LogP) is 5.21. The summed E-state index contributed by atoms with van der Waals surface area (Å²) in [5.74, 6) is 0. The molecule has 1 N–H and O–H groups in total. The average Bonchev–Trinajstić information content (AvgIpc) is 2.35. The molecule has 1 heterocycles. The van der Waals surface area contributed by atoms with Gasteiger partial charge in [-0.3, -0.25) is 0 Å². The molecule has 0 fully saturated rings. The molecule has 0 saturated carbocycles. The fourth-order valence-corrected chi connectivity index (χ4v) is 1.99. The summed E-state index contributed by atoms with van der Waals surface area (Å²) in [6, 6.07) is 9.30. The van der Waals surface area contributed by atoms with E-state index in [0.717, 1.165) is 11.3 Å². The van der Waals surface area contributed by atoms with Crippen LogP contribution in [-0.4, -0.2) is 4.98 Å². The van der Waals surface area contributed by atoms with Gasteiger partial charge in [0, 0.05) is 6.04 Å². The maximum atomic E-state index is 5.99. The van der Waals surface area contributed by atoms with E-state index in [1.165, 1.54) is 0 Å². The van der Waals surface area contributed by atoms with E-state index in [-0.39, 0.29) is 6.04 Å². The number of anilines is 1. The Morgan fingerprint density at radius 3 is 2.44 bits per heavy atom. The van der Waals surface area contributed by atoms with E-state index >= 15 is 0 Å². The molecule has 0 aliphatic rings. The van der Waals surface area contributed by atoms with Crippen molar-refractivity contribution in [3.8, 4) is 0 Å². The lowest BCUT2D eigenvalue weighted by Gasteiger charge is -2.16. The van der Waals surface area contributed by atoms with Crippen LogP contribution in [0.4, 0.5) is 5.69 Å². The highest BCUT2D eigenvalue weighted by molar-refractivity contribution is 6.42. The third kappa shape index (κ3) is 3.29. The van der Waals surface area contributed by atoms with Crippen LogP contribution in [0.1, 0.15) is 18.5 Å². The van der Waals surface area contributed by atoms with E-state index in [0.29, 0.717) is 15.2 Å². The molecule has 0 amide bonds. The summed E-state index contributed by atoms with van der Waals surface area (Å²) in [5.41, 5.74) is 1.96. The second-order valence-corrected chi connectivity index (χ2v) is 5.11. The van der Waals surface area contributed by atoms with E-state index in [9.17, 15) is 0 Å². The summed E-state index contributed by atoms with van der Waals surface area (Å²) in [7, 11) is 0. The number of hydrogen-bond donors (Lipinski definition) is 1. The minimum Gasteiger partial charge on any atom is -0.377 e. The molecule has 1 unspecified atom stereocenters. The molecule has 2 nitrogen and oxygen atoms in total. The Balaban J connectivity index is 2.13. The molecule has 94 valence electrons. The highest BCUT2D eigenvalue weighted by Crippen LogP contribution is 2.27. The Bertz CT molecular complexity index is 540. The van der Waals surface area contributed by atoms with Crippen LogP contribution in [0.3, 0.4) is 0 Å². The Hall–Kier alpha value is -0.960. The molecule has 0 aliphatic carbocycles. The van der Waals surface area contributed by atoms with Gasteiger partial charge in [0.1, 0.15) is 5.15 Å². The van der Waals surface area contributed by atoms with Gasteiger partial charge in [-0.2, -0.15) is 0 Å². The number of benzene rings is 1. The lowest BCUT2D eigenvalue weighted by Crippen LogP contribution is -2.06. The number of aromatic nitrogens is 1.